The Labute approximate surface area is 214 Å². The van der Waals surface area contributed by atoms with Crippen LogP contribution in [0.15, 0.2) is 53.7 Å². The number of hydrogen-bond donors (Lipinski definition) is 1. The average molecular weight is 523 g/mol. The zero-order valence-electron chi connectivity index (χ0n) is 20.7. The molecule has 1 aliphatic carbocycles. The van der Waals surface area contributed by atoms with Gasteiger partial charge in [0.1, 0.15) is 5.82 Å². The molecule has 2 aromatic rings. The first kappa shape index (κ1) is 28.0. The molecule has 1 unspecified atom stereocenters. The smallest absolute Gasteiger partial charge is 0.385 e. The number of hydrogen-bond acceptors (Lipinski definition) is 5. The van der Waals surface area contributed by atoms with Crippen molar-refractivity contribution >= 4 is 17.7 Å². The minimum atomic E-state index is -4.35. The van der Waals surface area contributed by atoms with E-state index in [2.05, 4.69) is 39.2 Å². The molecule has 0 saturated carbocycles. The molecule has 1 N–H and O–H groups in total. The number of benzene rings is 1. The molecule has 0 spiro atoms. The van der Waals surface area contributed by atoms with E-state index < -0.39 is 11.7 Å². The van der Waals surface area contributed by atoms with Gasteiger partial charge in [-0.2, -0.15) is 13.2 Å². The van der Waals surface area contributed by atoms with E-state index in [1.54, 1.807) is 7.11 Å². The summed E-state index contributed by atoms with van der Waals surface area (Å²) in [7, 11) is 1.64. The molecule has 10 heteroatoms. The van der Waals surface area contributed by atoms with Crippen molar-refractivity contribution in [3.05, 3.63) is 65.5 Å². The third kappa shape index (κ3) is 7.96. The van der Waals surface area contributed by atoms with E-state index in [9.17, 15) is 18.0 Å². The summed E-state index contributed by atoms with van der Waals surface area (Å²) in [4.78, 5) is 12.0. The van der Waals surface area contributed by atoms with Crippen LogP contribution in [0.5, 0.6) is 0 Å². The molecule has 0 fully saturated rings. The van der Waals surface area contributed by atoms with Gasteiger partial charge in [-0.1, -0.05) is 48.2 Å². The van der Waals surface area contributed by atoms with Gasteiger partial charge in [0, 0.05) is 38.9 Å². The molecular formula is C26H33F3N4O2S. The molecule has 1 atom stereocenters. The first-order valence-electron chi connectivity index (χ1n) is 12.1. The number of allylic oxidation sites excluding steroid dienone is 4. The zero-order chi connectivity index (χ0) is 26.0. The predicted molar refractivity (Wildman–Crippen MR) is 135 cm³/mol. The number of methoxy groups -OCH3 is 1. The molecule has 0 saturated heterocycles. The third-order valence-corrected chi connectivity index (χ3v) is 7.00. The third-order valence-electron chi connectivity index (χ3n) is 6.00. The molecule has 0 aliphatic heterocycles. The number of ether oxygens (including phenoxy) is 1. The van der Waals surface area contributed by atoms with Crippen molar-refractivity contribution in [2.24, 2.45) is 0 Å². The minimum absolute atomic E-state index is 0.0349. The van der Waals surface area contributed by atoms with E-state index in [4.69, 9.17) is 4.74 Å². The van der Waals surface area contributed by atoms with Crippen LogP contribution in [0.1, 0.15) is 56.0 Å². The normalized spacial score (nSPS) is 17.5. The van der Waals surface area contributed by atoms with Crippen LogP contribution in [0.3, 0.4) is 0 Å². The lowest BCUT2D eigenvalue weighted by Crippen LogP contribution is -2.30. The van der Waals surface area contributed by atoms with Gasteiger partial charge < -0.3 is 10.1 Å². The lowest BCUT2D eigenvalue weighted by Gasteiger charge is -2.31. The Hall–Kier alpha value is -2.59. The molecule has 36 heavy (non-hydrogen) atoms. The molecular weight excluding hydrogens is 489 g/mol. The Balaban J connectivity index is 1.63. The maximum absolute atomic E-state index is 12.9. The quantitative estimate of drug-likeness (QED) is 0.271. The molecule has 3 rings (SSSR count). The monoisotopic (exact) mass is 522 g/mol. The van der Waals surface area contributed by atoms with Crippen LogP contribution in [-0.4, -0.2) is 40.9 Å². The van der Waals surface area contributed by atoms with E-state index in [1.165, 1.54) is 23.9 Å². The number of aryl methyl sites for hydroxylation is 1. The van der Waals surface area contributed by atoms with Crippen molar-refractivity contribution < 1.29 is 22.7 Å². The van der Waals surface area contributed by atoms with Crippen molar-refractivity contribution in [1.82, 2.24) is 20.1 Å². The maximum Gasteiger partial charge on any atom is 0.416 e. The molecule has 1 amide bonds. The molecule has 196 valence electrons. The van der Waals surface area contributed by atoms with Crippen LogP contribution in [-0.2, 0) is 33.4 Å². The number of thioether (sulfide) groups is 1. The van der Waals surface area contributed by atoms with Gasteiger partial charge in [-0.25, -0.2) is 0 Å². The highest BCUT2D eigenvalue weighted by Crippen LogP contribution is 2.34. The number of nitrogens with zero attached hydrogens (tertiary/aromatic N) is 3. The van der Waals surface area contributed by atoms with E-state index in [-0.39, 0.29) is 11.4 Å². The number of amides is 1. The van der Waals surface area contributed by atoms with Crippen LogP contribution in [0, 0.1) is 0 Å². The van der Waals surface area contributed by atoms with Gasteiger partial charge in [-0.05, 0) is 50.3 Å². The predicted octanol–water partition coefficient (Wildman–Crippen LogP) is 5.69. The second-order valence-electron chi connectivity index (χ2n) is 8.97. The van der Waals surface area contributed by atoms with Crippen LogP contribution >= 0.6 is 11.8 Å². The number of aromatic nitrogens is 3. The SMILES string of the molecule is COCCCNC(=O)CCCCc1nnc(SCc2ccc(C(F)(F)F)cc2)n1C1(C)C=CC=CC1. The second-order valence-corrected chi connectivity index (χ2v) is 9.91. The summed E-state index contributed by atoms with van der Waals surface area (Å²) in [6.07, 6.45) is 8.13. The van der Waals surface area contributed by atoms with Crippen LogP contribution < -0.4 is 5.32 Å². The topological polar surface area (TPSA) is 69.0 Å². The van der Waals surface area contributed by atoms with Crippen molar-refractivity contribution in [2.45, 2.75) is 68.1 Å². The van der Waals surface area contributed by atoms with Gasteiger partial charge in [0.2, 0.25) is 5.91 Å². The number of alkyl halides is 3. The summed E-state index contributed by atoms with van der Waals surface area (Å²) in [5.41, 5.74) is -0.212. The molecule has 0 radical (unpaired) electrons. The van der Waals surface area contributed by atoms with E-state index >= 15 is 0 Å². The summed E-state index contributed by atoms with van der Waals surface area (Å²) in [6, 6.07) is 5.22. The molecule has 1 aliphatic rings. The standard InChI is InChI=1S/C26H33F3N4O2S/c1-25(15-6-3-7-16-25)33-22(9-4-5-10-23(34)30-17-8-18-35-2)31-32-24(33)36-19-20-11-13-21(14-12-20)26(27,28)29/h3,6-7,11-15H,4-5,8-10,16-19H2,1-2H3,(H,30,34). The van der Waals surface area contributed by atoms with Gasteiger partial charge in [0.25, 0.3) is 0 Å². The fraction of sp³-hybridized carbons (Fsp3) is 0.500. The minimum Gasteiger partial charge on any atom is -0.385 e. The maximum atomic E-state index is 12.9. The summed E-state index contributed by atoms with van der Waals surface area (Å²) < 4.78 is 45.7. The average Bonchev–Trinajstić information content (AvgIpc) is 3.27. The van der Waals surface area contributed by atoms with Crippen molar-refractivity contribution in [2.75, 3.05) is 20.3 Å². The Bertz CT molecular complexity index is 1050. The Morgan fingerprint density at radius 3 is 2.61 bits per heavy atom. The summed E-state index contributed by atoms with van der Waals surface area (Å²) in [5.74, 6) is 1.36. The molecule has 1 aromatic carbocycles. The van der Waals surface area contributed by atoms with Gasteiger partial charge in [-0.3, -0.25) is 9.36 Å². The van der Waals surface area contributed by atoms with Crippen LogP contribution in [0.25, 0.3) is 0 Å². The lowest BCUT2D eigenvalue weighted by molar-refractivity contribution is -0.137. The summed E-state index contributed by atoms with van der Waals surface area (Å²) in [6.45, 7) is 3.35. The summed E-state index contributed by atoms with van der Waals surface area (Å²) in [5, 5.41) is 12.5. The first-order valence-corrected chi connectivity index (χ1v) is 13.1. The van der Waals surface area contributed by atoms with Crippen LogP contribution in [0.4, 0.5) is 13.2 Å². The van der Waals surface area contributed by atoms with E-state index in [0.717, 1.165) is 54.4 Å². The number of nitrogens with one attached hydrogen (secondary N) is 1. The lowest BCUT2D eigenvalue weighted by atomic mass is 9.93. The second kappa shape index (κ2) is 13.1. The first-order chi connectivity index (χ1) is 17.2. The molecule has 0 bridgehead atoms. The molecule has 6 nitrogen and oxygen atoms in total. The zero-order valence-corrected chi connectivity index (χ0v) is 21.5. The number of carbonyl (C=O) groups is 1. The van der Waals surface area contributed by atoms with Gasteiger partial charge in [0.15, 0.2) is 5.16 Å². The number of rotatable bonds is 13. The fourth-order valence-corrected chi connectivity index (χ4v) is 5.02. The molecule has 1 aromatic heterocycles. The number of unbranched alkanes of at least 4 members (excludes halogenated alkanes) is 1. The van der Waals surface area contributed by atoms with Crippen molar-refractivity contribution in [1.29, 1.82) is 0 Å². The van der Waals surface area contributed by atoms with Gasteiger partial charge >= 0.3 is 6.18 Å². The Morgan fingerprint density at radius 1 is 1.17 bits per heavy atom. The van der Waals surface area contributed by atoms with Gasteiger partial charge in [-0.15, -0.1) is 10.2 Å². The number of carbonyl (C=O) groups excluding carboxylic acids is 1. The van der Waals surface area contributed by atoms with Crippen molar-refractivity contribution in [3.63, 3.8) is 0 Å². The largest absolute Gasteiger partial charge is 0.416 e. The fourth-order valence-electron chi connectivity index (χ4n) is 3.99. The Kier molecular flexibility index (Phi) is 10.2. The number of halogens is 3. The van der Waals surface area contributed by atoms with E-state index in [1.807, 2.05) is 12.2 Å². The Morgan fingerprint density at radius 2 is 1.94 bits per heavy atom. The molecule has 1 heterocycles. The highest BCUT2D eigenvalue weighted by Gasteiger charge is 2.31. The highest BCUT2D eigenvalue weighted by molar-refractivity contribution is 7.98. The summed E-state index contributed by atoms with van der Waals surface area (Å²) >= 11 is 1.46. The van der Waals surface area contributed by atoms with Crippen molar-refractivity contribution in [3.8, 4) is 0 Å². The van der Waals surface area contributed by atoms with Gasteiger partial charge in [0.05, 0.1) is 11.1 Å². The van der Waals surface area contributed by atoms with Crippen LogP contribution in [0.2, 0.25) is 0 Å². The van der Waals surface area contributed by atoms with E-state index in [0.29, 0.717) is 31.7 Å². The highest BCUT2D eigenvalue weighted by atomic mass is 32.2.